The zero-order valence-corrected chi connectivity index (χ0v) is 16.2. The van der Waals surface area contributed by atoms with Gasteiger partial charge >= 0.3 is 0 Å². The molecule has 0 saturated carbocycles. The first kappa shape index (κ1) is 18.9. The molecule has 3 heterocycles. The molecule has 0 aliphatic carbocycles. The molecule has 7 heteroatoms. The molecule has 0 bridgehead atoms. The largest absolute Gasteiger partial charge is 0.441 e. The van der Waals surface area contributed by atoms with Gasteiger partial charge in [0.15, 0.2) is 11.5 Å². The first-order valence-corrected chi connectivity index (χ1v) is 10.3. The summed E-state index contributed by atoms with van der Waals surface area (Å²) in [5, 5.41) is 6.28. The average Bonchev–Trinajstić information content (AvgIpc) is 3.40. The molecule has 2 saturated heterocycles. The summed E-state index contributed by atoms with van der Waals surface area (Å²) in [5.74, 6) is 1.17. The molecule has 2 N–H and O–H groups in total. The molecule has 150 valence electrons. The summed E-state index contributed by atoms with van der Waals surface area (Å²) in [6.45, 7) is 3.07. The fourth-order valence-corrected chi connectivity index (χ4v) is 4.13. The lowest BCUT2D eigenvalue weighted by Crippen LogP contribution is -2.46. The van der Waals surface area contributed by atoms with Crippen molar-refractivity contribution in [2.45, 2.75) is 44.6 Å². The highest BCUT2D eigenvalue weighted by Crippen LogP contribution is 2.19. The number of nitrogens with one attached hydrogen (secondary N) is 2. The van der Waals surface area contributed by atoms with Gasteiger partial charge < -0.3 is 20.0 Å². The Morgan fingerprint density at radius 3 is 2.96 bits per heavy atom. The van der Waals surface area contributed by atoms with Crippen molar-refractivity contribution in [2.75, 3.05) is 26.2 Å². The molecule has 4 rings (SSSR count). The third-order valence-electron chi connectivity index (χ3n) is 5.70. The van der Waals surface area contributed by atoms with Gasteiger partial charge in [0.05, 0.1) is 6.04 Å². The molecule has 2 fully saturated rings. The number of rotatable bonds is 6. The second-order valence-corrected chi connectivity index (χ2v) is 7.82. The highest BCUT2D eigenvalue weighted by atomic mass is 16.3. The van der Waals surface area contributed by atoms with E-state index in [-0.39, 0.29) is 17.9 Å². The van der Waals surface area contributed by atoms with Crippen LogP contribution in [0.1, 0.15) is 38.0 Å². The number of nitrogens with zero attached hydrogens (tertiary/aromatic N) is 2. The lowest BCUT2D eigenvalue weighted by molar-refractivity contribution is -0.133. The van der Waals surface area contributed by atoms with Crippen LogP contribution < -0.4 is 10.6 Å². The Hall–Kier alpha value is -2.41. The predicted molar refractivity (Wildman–Crippen MR) is 106 cm³/mol. The van der Waals surface area contributed by atoms with E-state index in [0.29, 0.717) is 37.7 Å². The van der Waals surface area contributed by atoms with Gasteiger partial charge in [-0.3, -0.25) is 9.59 Å². The van der Waals surface area contributed by atoms with Gasteiger partial charge in [0.2, 0.25) is 11.8 Å². The standard InChI is InChI=1S/C21H28N4O3/c26-20(10-9-19-24-16-6-1-2-8-18(16)28-19)25-12-4-5-15(14-25)13-23-21(27)17-7-3-11-22-17/h1-2,6,8,15,17,22H,3-5,7,9-14H2,(H,23,27). The third kappa shape index (κ3) is 4.52. The van der Waals surface area contributed by atoms with Gasteiger partial charge in [-0.1, -0.05) is 12.1 Å². The van der Waals surface area contributed by atoms with Crippen LogP contribution in [0.25, 0.3) is 11.1 Å². The molecule has 0 radical (unpaired) electrons. The highest BCUT2D eigenvalue weighted by molar-refractivity contribution is 5.82. The first-order valence-electron chi connectivity index (χ1n) is 10.3. The van der Waals surface area contributed by atoms with Crippen molar-refractivity contribution in [3.63, 3.8) is 0 Å². The van der Waals surface area contributed by atoms with Crippen LogP contribution in [0.5, 0.6) is 0 Å². The zero-order chi connectivity index (χ0) is 19.3. The number of amides is 2. The molecule has 2 unspecified atom stereocenters. The van der Waals surface area contributed by atoms with Crippen LogP contribution in [0, 0.1) is 5.92 Å². The van der Waals surface area contributed by atoms with Crippen molar-refractivity contribution >= 4 is 22.9 Å². The minimum absolute atomic E-state index is 0.0439. The summed E-state index contributed by atoms with van der Waals surface area (Å²) in [4.78, 5) is 31.2. The SMILES string of the molecule is O=C(NCC1CCCN(C(=O)CCc2nc3ccccc3o2)C1)C1CCCN1. The molecule has 2 atom stereocenters. The number of aryl methyl sites for hydroxylation is 1. The van der Waals surface area contributed by atoms with Gasteiger partial charge in [0.1, 0.15) is 5.52 Å². The van der Waals surface area contributed by atoms with E-state index in [1.165, 1.54) is 0 Å². The number of para-hydroxylation sites is 2. The predicted octanol–water partition coefficient (Wildman–Crippen LogP) is 1.87. The van der Waals surface area contributed by atoms with Gasteiger partial charge in [-0.05, 0) is 50.3 Å². The molecule has 7 nitrogen and oxygen atoms in total. The van der Waals surface area contributed by atoms with Crippen LogP contribution in [-0.4, -0.2) is 53.9 Å². The molecule has 2 aliphatic heterocycles. The zero-order valence-electron chi connectivity index (χ0n) is 16.2. The van der Waals surface area contributed by atoms with Crippen LogP contribution in [0.15, 0.2) is 28.7 Å². The Morgan fingerprint density at radius 1 is 1.25 bits per heavy atom. The molecule has 28 heavy (non-hydrogen) atoms. The number of piperidine rings is 1. The molecule has 0 spiro atoms. The molecule has 2 amide bonds. The van der Waals surface area contributed by atoms with Crippen LogP contribution in [0.4, 0.5) is 0 Å². The lowest BCUT2D eigenvalue weighted by atomic mass is 9.97. The van der Waals surface area contributed by atoms with E-state index < -0.39 is 0 Å². The van der Waals surface area contributed by atoms with E-state index in [4.69, 9.17) is 4.42 Å². The maximum atomic E-state index is 12.6. The van der Waals surface area contributed by atoms with Gasteiger partial charge in [-0.15, -0.1) is 0 Å². The summed E-state index contributed by atoms with van der Waals surface area (Å²) in [6.07, 6.45) is 4.92. The fraction of sp³-hybridized carbons (Fsp3) is 0.571. The molecular formula is C21H28N4O3. The summed E-state index contributed by atoms with van der Waals surface area (Å²) < 4.78 is 5.71. The summed E-state index contributed by atoms with van der Waals surface area (Å²) in [7, 11) is 0. The quantitative estimate of drug-likeness (QED) is 0.794. The Bertz CT molecular complexity index is 795. The summed E-state index contributed by atoms with van der Waals surface area (Å²) in [5.41, 5.74) is 1.59. The summed E-state index contributed by atoms with van der Waals surface area (Å²) >= 11 is 0. The van der Waals surface area contributed by atoms with Crippen LogP contribution in [0.3, 0.4) is 0 Å². The Morgan fingerprint density at radius 2 is 2.14 bits per heavy atom. The Labute approximate surface area is 164 Å². The van der Waals surface area contributed by atoms with Crippen LogP contribution >= 0.6 is 0 Å². The lowest BCUT2D eigenvalue weighted by Gasteiger charge is -2.33. The molecular weight excluding hydrogens is 356 g/mol. The van der Waals surface area contributed by atoms with Crippen molar-refractivity contribution in [2.24, 2.45) is 5.92 Å². The topological polar surface area (TPSA) is 87.5 Å². The Kier molecular flexibility index (Phi) is 5.90. The van der Waals surface area contributed by atoms with E-state index in [9.17, 15) is 9.59 Å². The van der Waals surface area contributed by atoms with Gasteiger partial charge in [0, 0.05) is 32.5 Å². The minimum atomic E-state index is -0.0439. The number of carbonyl (C=O) groups excluding carboxylic acids is 2. The van der Waals surface area contributed by atoms with E-state index in [2.05, 4.69) is 15.6 Å². The van der Waals surface area contributed by atoms with Gasteiger partial charge in [-0.25, -0.2) is 4.98 Å². The normalized spacial score (nSPS) is 22.5. The maximum Gasteiger partial charge on any atom is 0.237 e. The van der Waals surface area contributed by atoms with E-state index >= 15 is 0 Å². The van der Waals surface area contributed by atoms with Crippen molar-refractivity contribution < 1.29 is 14.0 Å². The summed E-state index contributed by atoms with van der Waals surface area (Å²) in [6, 6.07) is 7.60. The number of aromatic nitrogens is 1. The van der Waals surface area contributed by atoms with Crippen molar-refractivity contribution in [1.29, 1.82) is 0 Å². The van der Waals surface area contributed by atoms with E-state index in [1.807, 2.05) is 29.2 Å². The monoisotopic (exact) mass is 384 g/mol. The maximum absolute atomic E-state index is 12.6. The van der Waals surface area contributed by atoms with Crippen molar-refractivity contribution in [1.82, 2.24) is 20.5 Å². The number of benzene rings is 1. The van der Waals surface area contributed by atoms with E-state index in [1.54, 1.807) is 0 Å². The number of fused-ring (bicyclic) bond motifs is 1. The van der Waals surface area contributed by atoms with Crippen molar-refractivity contribution in [3.05, 3.63) is 30.2 Å². The number of hydrogen-bond donors (Lipinski definition) is 2. The Balaban J connectivity index is 1.24. The van der Waals surface area contributed by atoms with Gasteiger partial charge in [-0.2, -0.15) is 0 Å². The van der Waals surface area contributed by atoms with Crippen molar-refractivity contribution in [3.8, 4) is 0 Å². The molecule has 1 aromatic heterocycles. The van der Waals surface area contributed by atoms with Crippen LogP contribution in [-0.2, 0) is 16.0 Å². The number of hydrogen-bond acceptors (Lipinski definition) is 5. The molecule has 2 aromatic rings. The first-order chi connectivity index (χ1) is 13.7. The number of oxazole rings is 1. The average molecular weight is 384 g/mol. The smallest absolute Gasteiger partial charge is 0.237 e. The van der Waals surface area contributed by atoms with Crippen LogP contribution in [0.2, 0.25) is 0 Å². The third-order valence-corrected chi connectivity index (χ3v) is 5.70. The second kappa shape index (κ2) is 8.73. The number of likely N-dealkylation sites (tertiary alicyclic amines) is 1. The van der Waals surface area contributed by atoms with Gasteiger partial charge in [0.25, 0.3) is 0 Å². The molecule has 2 aliphatic rings. The van der Waals surface area contributed by atoms with E-state index in [0.717, 1.165) is 49.9 Å². The fourth-order valence-electron chi connectivity index (χ4n) is 4.13. The second-order valence-electron chi connectivity index (χ2n) is 7.82. The minimum Gasteiger partial charge on any atom is -0.441 e. The number of carbonyl (C=O) groups is 2. The highest BCUT2D eigenvalue weighted by Gasteiger charge is 2.26. The molecule has 1 aromatic carbocycles.